The molecule has 3 rings (SSSR count). The number of nitrogens with one attached hydrogen (secondary N) is 1. The van der Waals surface area contributed by atoms with E-state index in [1.165, 1.54) is 18.2 Å². The highest BCUT2D eigenvalue weighted by Gasteiger charge is 2.17. The van der Waals surface area contributed by atoms with Crippen LogP contribution in [0.25, 0.3) is 0 Å². The van der Waals surface area contributed by atoms with E-state index in [1.54, 1.807) is 0 Å². The zero-order valence-corrected chi connectivity index (χ0v) is 14.6. The standard InChI is InChI=1S/C18H21FN2O3S/c19-17-3-1-2-4-18(17)25(22,23)20-10-9-15-5-7-16(8-6-15)21-11-13-24-14-12-21/h1-8,20H,9-14H2. The van der Waals surface area contributed by atoms with Crippen LogP contribution in [-0.4, -0.2) is 41.3 Å². The van der Waals surface area contributed by atoms with Gasteiger partial charge in [-0.3, -0.25) is 0 Å². The molecule has 7 heteroatoms. The minimum absolute atomic E-state index is 0.216. The van der Waals surface area contributed by atoms with Gasteiger partial charge in [-0.15, -0.1) is 0 Å². The fourth-order valence-electron chi connectivity index (χ4n) is 2.77. The van der Waals surface area contributed by atoms with E-state index in [0.29, 0.717) is 6.42 Å². The summed E-state index contributed by atoms with van der Waals surface area (Å²) >= 11 is 0. The summed E-state index contributed by atoms with van der Waals surface area (Å²) in [5.74, 6) is -0.745. The third-order valence-corrected chi connectivity index (χ3v) is 5.64. The molecule has 0 saturated carbocycles. The van der Waals surface area contributed by atoms with E-state index in [-0.39, 0.29) is 11.4 Å². The second-order valence-corrected chi connectivity index (χ2v) is 7.58. The SMILES string of the molecule is O=S(=O)(NCCc1ccc(N2CCOCC2)cc1)c1ccccc1F. The molecule has 1 saturated heterocycles. The Morgan fingerprint density at radius 3 is 2.40 bits per heavy atom. The molecule has 134 valence electrons. The number of anilines is 1. The average Bonchev–Trinajstić information content (AvgIpc) is 2.63. The maximum Gasteiger partial charge on any atom is 0.243 e. The number of halogens is 1. The van der Waals surface area contributed by atoms with Gasteiger partial charge in [-0.2, -0.15) is 0 Å². The van der Waals surface area contributed by atoms with E-state index in [9.17, 15) is 12.8 Å². The monoisotopic (exact) mass is 364 g/mol. The van der Waals surface area contributed by atoms with Gasteiger partial charge in [0, 0.05) is 25.3 Å². The summed E-state index contributed by atoms with van der Waals surface area (Å²) < 4.78 is 45.7. The molecule has 0 bridgehead atoms. The van der Waals surface area contributed by atoms with E-state index in [4.69, 9.17) is 4.74 Å². The third-order valence-electron chi connectivity index (χ3n) is 4.14. The van der Waals surface area contributed by atoms with Crippen LogP contribution in [0.15, 0.2) is 53.4 Å². The summed E-state index contributed by atoms with van der Waals surface area (Å²) in [7, 11) is -3.83. The first-order chi connectivity index (χ1) is 12.1. The maximum atomic E-state index is 13.6. The van der Waals surface area contributed by atoms with Crippen LogP contribution in [0.2, 0.25) is 0 Å². The number of hydrogen-bond donors (Lipinski definition) is 1. The topological polar surface area (TPSA) is 58.6 Å². The number of ether oxygens (including phenoxy) is 1. The largest absolute Gasteiger partial charge is 0.378 e. The third kappa shape index (κ3) is 4.56. The molecule has 5 nitrogen and oxygen atoms in total. The number of rotatable bonds is 6. The molecule has 0 spiro atoms. The van der Waals surface area contributed by atoms with Gasteiger partial charge in [0.25, 0.3) is 0 Å². The van der Waals surface area contributed by atoms with Crippen molar-refractivity contribution in [1.29, 1.82) is 0 Å². The van der Waals surface area contributed by atoms with Gasteiger partial charge < -0.3 is 9.64 Å². The maximum absolute atomic E-state index is 13.6. The average molecular weight is 364 g/mol. The van der Waals surface area contributed by atoms with Crippen LogP contribution in [-0.2, 0) is 21.2 Å². The minimum Gasteiger partial charge on any atom is -0.378 e. The smallest absolute Gasteiger partial charge is 0.243 e. The Labute approximate surface area is 147 Å². The van der Waals surface area contributed by atoms with E-state index in [1.807, 2.05) is 24.3 Å². The molecule has 1 fully saturated rings. The van der Waals surface area contributed by atoms with Gasteiger partial charge in [0.15, 0.2) is 0 Å². The van der Waals surface area contributed by atoms with Crippen LogP contribution in [0.4, 0.5) is 10.1 Å². The number of nitrogens with zero attached hydrogens (tertiary/aromatic N) is 1. The summed E-state index contributed by atoms with van der Waals surface area (Å²) in [6, 6.07) is 13.4. The Morgan fingerprint density at radius 1 is 1.04 bits per heavy atom. The Morgan fingerprint density at radius 2 is 1.72 bits per heavy atom. The summed E-state index contributed by atoms with van der Waals surface area (Å²) in [5.41, 5.74) is 2.16. The van der Waals surface area contributed by atoms with Gasteiger partial charge in [0.1, 0.15) is 10.7 Å². The molecule has 0 aliphatic carbocycles. The molecule has 1 aliphatic heterocycles. The van der Waals surface area contributed by atoms with Crippen molar-refractivity contribution in [2.75, 3.05) is 37.7 Å². The van der Waals surface area contributed by atoms with Crippen molar-refractivity contribution >= 4 is 15.7 Å². The zero-order valence-electron chi connectivity index (χ0n) is 13.8. The lowest BCUT2D eigenvalue weighted by molar-refractivity contribution is 0.122. The second kappa shape index (κ2) is 7.95. The van der Waals surface area contributed by atoms with Crippen molar-refractivity contribution in [2.45, 2.75) is 11.3 Å². The molecular weight excluding hydrogens is 343 g/mol. The van der Waals surface area contributed by atoms with Crippen molar-refractivity contribution in [1.82, 2.24) is 4.72 Å². The van der Waals surface area contributed by atoms with E-state index in [0.717, 1.165) is 43.6 Å². The number of benzene rings is 2. The molecule has 0 amide bonds. The van der Waals surface area contributed by atoms with Crippen LogP contribution < -0.4 is 9.62 Å². The van der Waals surface area contributed by atoms with Crippen LogP contribution >= 0.6 is 0 Å². The summed E-state index contributed by atoms with van der Waals surface area (Å²) in [6.07, 6.45) is 0.539. The normalized spacial score (nSPS) is 15.3. The highest BCUT2D eigenvalue weighted by molar-refractivity contribution is 7.89. The first-order valence-corrected chi connectivity index (χ1v) is 9.70. The van der Waals surface area contributed by atoms with Gasteiger partial charge in [-0.25, -0.2) is 17.5 Å². The molecule has 0 atom stereocenters. The fraction of sp³-hybridized carbons (Fsp3) is 0.333. The first-order valence-electron chi connectivity index (χ1n) is 8.22. The van der Waals surface area contributed by atoms with Crippen LogP contribution in [0.1, 0.15) is 5.56 Å². The van der Waals surface area contributed by atoms with E-state index >= 15 is 0 Å². The minimum atomic E-state index is -3.83. The number of sulfonamides is 1. The van der Waals surface area contributed by atoms with E-state index < -0.39 is 15.8 Å². The Kier molecular flexibility index (Phi) is 5.67. The zero-order chi connectivity index (χ0) is 17.7. The van der Waals surface area contributed by atoms with E-state index in [2.05, 4.69) is 9.62 Å². The van der Waals surface area contributed by atoms with Crippen LogP contribution in [0.5, 0.6) is 0 Å². The van der Waals surface area contributed by atoms with Crippen molar-refractivity contribution in [3.63, 3.8) is 0 Å². The molecule has 1 heterocycles. The lowest BCUT2D eigenvalue weighted by atomic mass is 10.1. The molecule has 2 aromatic carbocycles. The Hall–Kier alpha value is -1.96. The fourth-order valence-corrected chi connectivity index (χ4v) is 3.87. The molecular formula is C18H21FN2O3S. The predicted molar refractivity (Wildman–Crippen MR) is 94.8 cm³/mol. The summed E-state index contributed by atoms with van der Waals surface area (Å²) in [5, 5.41) is 0. The van der Waals surface area contributed by atoms with Crippen molar-refractivity contribution in [2.24, 2.45) is 0 Å². The highest BCUT2D eigenvalue weighted by atomic mass is 32.2. The molecule has 1 aliphatic rings. The van der Waals surface area contributed by atoms with Crippen molar-refractivity contribution in [3.8, 4) is 0 Å². The first kappa shape index (κ1) is 17.8. The number of morpholine rings is 1. The molecule has 25 heavy (non-hydrogen) atoms. The quantitative estimate of drug-likeness (QED) is 0.854. The molecule has 0 radical (unpaired) electrons. The molecule has 0 unspecified atom stereocenters. The summed E-state index contributed by atoms with van der Waals surface area (Å²) in [6.45, 7) is 3.44. The highest BCUT2D eigenvalue weighted by Crippen LogP contribution is 2.17. The molecule has 1 N–H and O–H groups in total. The lowest BCUT2D eigenvalue weighted by Gasteiger charge is -2.28. The predicted octanol–water partition coefficient (Wildman–Crippen LogP) is 2.18. The lowest BCUT2D eigenvalue weighted by Crippen LogP contribution is -2.36. The molecule has 2 aromatic rings. The Bertz CT molecular complexity index is 803. The van der Waals surface area contributed by atoms with Crippen LogP contribution in [0, 0.1) is 5.82 Å². The van der Waals surface area contributed by atoms with Gasteiger partial charge in [-0.1, -0.05) is 24.3 Å². The van der Waals surface area contributed by atoms with Gasteiger partial charge in [0.05, 0.1) is 13.2 Å². The van der Waals surface area contributed by atoms with Crippen molar-refractivity contribution < 1.29 is 17.5 Å². The number of hydrogen-bond acceptors (Lipinski definition) is 4. The van der Waals surface area contributed by atoms with Gasteiger partial charge in [0.2, 0.25) is 10.0 Å². The Balaban J connectivity index is 1.56. The van der Waals surface area contributed by atoms with Gasteiger partial charge in [-0.05, 0) is 36.2 Å². The van der Waals surface area contributed by atoms with Crippen LogP contribution in [0.3, 0.4) is 0 Å². The second-order valence-electron chi connectivity index (χ2n) is 5.84. The summed E-state index contributed by atoms with van der Waals surface area (Å²) in [4.78, 5) is 1.94. The van der Waals surface area contributed by atoms with Crippen molar-refractivity contribution in [3.05, 3.63) is 59.9 Å². The molecule has 0 aromatic heterocycles. The van der Waals surface area contributed by atoms with Gasteiger partial charge >= 0.3 is 0 Å².